The van der Waals surface area contributed by atoms with Crippen molar-refractivity contribution in [1.82, 2.24) is 15.2 Å². The zero-order valence-electron chi connectivity index (χ0n) is 12.4. The van der Waals surface area contributed by atoms with Crippen LogP contribution in [0.15, 0.2) is 47.1 Å². The Morgan fingerprint density at radius 3 is 2.64 bits per heavy atom. The molecule has 1 amide bonds. The molecule has 0 aliphatic carbocycles. The number of benzene rings is 1. The van der Waals surface area contributed by atoms with Crippen molar-refractivity contribution in [3.63, 3.8) is 0 Å². The summed E-state index contributed by atoms with van der Waals surface area (Å²) in [6, 6.07) is 12.5. The van der Waals surface area contributed by atoms with Crippen LogP contribution in [0.1, 0.15) is 34.9 Å². The van der Waals surface area contributed by atoms with Gasteiger partial charge in [0.1, 0.15) is 5.69 Å². The molecular formula is C17H20BrN3O. The molecule has 1 unspecified atom stereocenters. The van der Waals surface area contributed by atoms with Gasteiger partial charge in [-0.15, -0.1) is 0 Å². The predicted molar refractivity (Wildman–Crippen MR) is 90.8 cm³/mol. The van der Waals surface area contributed by atoms with Crippen LogP contribution >= 0.6 is 15.9 Å². The fraction of sp³-hybridized carbons (Fsp3) is 0.353. The van der Waals surface area contributed by atoms with E-state index >= 15 is 0 Å². The van der Waals surface area contributed by atoms with E-state index in [1.807, 2.05) is 6.07 Å². The van der Waals surface area contributed by atoms with E-state index in [9.17, 15) is 4.79 Å². The van der Waals surface area contributed by atoms with Gasteiger partial charge in [-0.25, -0.2) is 0 Å². The van der Waals surface area contributed by atoms with Crippen molar-refractivity contribution in [2.45, 2.75) is 18.9 Å². The number of likely N-dealkylation sites (tertiary alicyclic amines) is 1. The Hall–Kier alpha value is -1.59. The number of H-pyrrole nitrogens is 1. The molecule has 2 N–H and O–H groups in total. The minimum Gasteiger partial charge on any atom is -0.356 e. The molecule has 0 bridgehead atoms. The lowest BCUT2D eigenvalue weighted by molar-refractivity contribution is 0.0933. The van der Waals surface area contributed by atoms with Crippen LogP contribution in [-0.4, -0.2) is 35.4 Å². The van der Waals surface area contributed by atoms with Gasteiger partial charge in [0.05, 0.1) is 6.04 Å². The molecule has 5 heteroatoms. The summed E-state index contributed by atoms with van der Waals surface area (Å²) in [5.74, 6) is -0.0640. The maximum atomic E-state index is 12.2. The minimum absolute atomic E-state index is 0.0640. The number of amides is 1. The smallest absolute Gasteiger partial charge is 0.267 e. The summed E-state index contributed by atoms with van der Waals surface area (Å²) in [6.45, 7) is 2.83. The van der Waals surface area contributed by atoms with Gasteiger partial charge in [-0.05, 0) is 53.5 Å². The maximum absolute atomic E-state index is 12.2. The molecule has 1 atom stereocenters. The normalized spacial score (nSPS) is 16.6. The number of hydrogen-bond acceptors (Lipinski definition) is 2. The molecule has 1 aromatic carbocycles. The number of carbonyl (C=O) groups is 1. The Labute approximate surface area is 139 Å². The van der Waals surface area contributed by atoms with Crippen LogP contribution in [0.4, 0.5) is 0 Å². The second kappa shape index (κ2) is 7.11. The van der Waals surface area contributed by atoms with Crippen LogP contribution in [-0.2, 0) is 0 Å². The third-order valence-electron chi connectivity index (χ3n) is 4.11. The van der Waals surface area contributed by atoms with Gasteiger partial charge in [0.15, 0.2) is 0 Å². The molecule has 1 aromatic heterocycles. The van der Waals surface area contributed by atoms with E-state index in [1.165, 1.54) is 18.4 Å². The summed E-state index contributed by atoms with van der Waals surface area (Å²) in [5.41, 5.74) is 1.84. The Kier molecular flexibility index (Phi) is 4.95. The average Bonchev–Trinajstić information content (AvgIpc) is 3.20. The fourth-order valence-electron chi connectivity index (χ4n) is 2.97. The lowest BCUT2D eigenvalue weighted by Gasteiger charge is -2.28. The molecule has 1 aliphatic heterocycles. The Morgan fingerprint density at radius 1 is 1.27 bits per heavy atom. The number of rotatable bonds is 5. The third kappa shape index (κ3) is 3.59. The summed E-state index contributed by atoms with van der Waals surface area (Å²) in [5, 5.41) is 3.06. The summed E-state index contributed by atoms with van der Waals surface area (Å²) >= 11 is 3.35. The van der Waals surface area contributed by atoms with E-state index in [1.54, 1.807) is 12.3 Å². The number of nitrogens with one attached hydrogen (secondary N) is 2. The Balaban J connectivity index is 1.69. The monoisotopic (exact) mass is 361 g/mol. The lowest BCUT2D eigenvalue weighted by Crippen LogP contribution is -2.36. The Bertz CT molecular complexity index is 620. The van der Waals surface area contributed by atoms with E-state index < -0.39 is 0 Å². The van der Waals surface area contributed by atoms with Crippen LogP contribution in [0.2, 0.25) is 0 Å². The summed E-state index contributed by atoms with van der Waals surface area (Å²) < 4.78 is 0.886. The first-order chi connectivity index (χ1) is 10.7. The molecule has 0 spiro atoms. The molecule has 2 heterocycles. The first-order valence-electron chi connectivity index (χ1n) is 7.65. The van der Waals surface area contributed by atoms with Gasteiger partial charge in [-0.1, -0.05) is 30.3 Å². The number of nitrogens with zero attached hydrogens (tertiary/aromatic N) is 1. The predicted octanol–water partition coefficient (Wildman–Crippen LogP) is 3.34. The Morgan fingerprint density at radius 2 is 2.00 bits per heavy atom. The van der Waals surface area contributed by atoms with Crippen molar-refractivity contribution in [2.24, 2.45) is 0 Å². The zero-order chi connectivity index (χ0) is 15.4. The highest BCUT2D eigenvalue weighted by molar-refractivity contribution is 9.10. The molecule has 116 valence electrons. The van der Waals surface area contributed by atoms with Gasteiger partial charge in [0, 0.05) is 17.2 Å². The second-order valence-electron chi connectivity index (χ2n) is 5.61. The highest BCUT2D eigenvalue weighted by Crippen LogP contribution is 2.24. The molecule has 0 saturated carbocycles. The zero-order valence-corrected chi connectivity index (χ0v) is 14.0. The van der Waals surface area contributed by atoms with Gasteiger partial charge in [-0.3, -0.25) is 9.69 Å². The second-order valence-corrected chi connectivity index (χ2v) is 6.53. The van der Waals surface area contributed by atoms with Crippen LogP contribution in [0, 0.1) is 0 Å². The van der Waals surface area contributed by atoms with Crippen LogP contribution in [0.5, 0.6) is 0 Å². The van der Waals surface area contributed by atoms with Crippen molar-refractivity contribution in [3.05, 3.63) is 58.3 Å². The fourth-order valence-corrected chi connectivity index (χ4v) is 3.31. The van der Waals surface area contributed by atoms with Gasteiger partial charge < -0.3 is 10.3 Å². The maximum Gasteiger partial charge on any atom is 0.267 e. The first kappa shape index (κ1) is 15.3. The SMILES string of the molecule is O=C(NCC(c1ccccc1)N1CCCC1)c1cc(Br)c[nH]1. The molecule has 22 heavy (non-hydrogen) atoms. The molecule has 3 rings (SSSR count). The number of halogens is 1. The quantitative estimate of drug-likeness (QED) is 0.857. The summed E-state index contributed by atoms with van der Waals surface area (Å²) in [6.07, 6.45) is 4.24. The minimum atomic E-state index is -0.0640. The van der Waals surface area contributed by atoms with Crippen LogP contribution in [0.3, 0.4) is 0 Å². The average molecular weight is 362 g/mol. The van der Waals surface area contributed by atoms with Crippen LogP contribution in [0.25, 0.3) is 0 Å². The van der Waals surface area contributed by atoms with Crippen molar-refractivity contribution in [2.75, 3.05) is 19.6 Å². The molecular weight excluding hydrogens is 342 g/mol. The van der Waals surface area contributed by atoms with Crippen molar-refractivity contribution < 1.29 is 4.79 Å². The molecule has 0 radical (unpaired) electrons. The lowest BCUT2D eigenvalue weighted by atomic mass is 10.1. The van der Waals surface area contributed by atoms with Gasteiger partial charge >= 0.3 is 0 Å². The number of aromatic nitrogens is 1. The van der Waals surface area contributed by atoms with Crippen molar-refractivity contribution >= 4 is 21.8 Å². The van der Waals surface area contributed by atoms with E-state index in [4.69, 9.17) is 0 Å². The summed E-state index contributed by atoms with van der Waals surface area (Å²) in [4.78, 5) is 17.7. The van der Waals surface area contributed by atoms with Gasteiger partial charge in [0.25, 0.3) is 5.91 Å². The number of hydrogen-bond donors (Lipinski definition) is 2. The highest BCUT2D eigenvalue weighted by Gasteiger charge is 2.24. The molecule has 1 fully saturated rings. The van der Waals surface area contributed by atoms with Crippen molar-refractivity contribution in [3.8, 4) is 0 Å². The van der Waals surface area contributed by atoms with E-state index in [0.29, 0.717) is 12.2 Å². The van der Waals surface area contributed by atoms with Gasteiger partial charge in [0.2, 0.25) is 0 Å². The van der Waals surface area contributed by atoms with E-state index in [0.717, 1.165) is 17.6 Å². The molecule has 1 aliphatic rings. The van der Waals surface area contributed by atoms with E-state index in [-0.39, 0.29) is 11.9 Å². The largest absolute Gasteiger partial charge is 0.356 e. The van der Waals surface area contributed by atoms with Gasteiger partial charge in [-0.2, -0.15) is 0 Å². The number of aromatic amines is 1. The first-order valence-corrected chi connectivity index (χ1v) is 8.44. The highest BCUT2D eigenvalue weighted by atomic mass is 79.9. The number of carbonyl (C=O) groups excluding carboxylic acids is 1. The molecule has 4 nitrogen and oxygen atoms in total. The third-order valence-corrected chi connectivity index (χ3v) is 4.57. The summed E-state index contributed by atoms with van der Waals surface area (Å²) in [7, 11) is 0. The molecule has 1 saturated heterocycles. The standard InChI is InChI=1S/C17H20BrN3O/c18-14-10-15(19-11-14)17(22)20-12-16(21-8-4-5-9-21)13-6-2-1-3-7-13/h1-3,6-7,10-11,16,19H,4-5,8-9,12H2,(H,20,22). The topological polar surface area (TPSA) is 48.1 Å². The van der Waals surface area contributed by atoms with E-state index in [2.05, 4.69) is 55.4 Å². The van der Waals surface area contributed by atoms with Crippen LogP contribution < -0.4 is 5.32 Å². The molecule has 2 aromatic rings. The van der Waals surface area contributed by atoms with Crippen molar-refractivity contribution in [1.29, 1.82) is 0 Å².